The van der Waals surface area contributed by atoms with Gasteiger partial charge in [0.05, 0.1) is 34.6 Å². The molecule has 2 aliphatic rings. The average molecular weight is 425 g/mol. The summed E-state index contributed by atoms with van der Waals surface area (Å²) in [6, 6.07) is 19.4. The molecule has 1 heterocycles. The smallest absolute Gasteiger partial charge is 0.335 e. The van der Waals surface area contributed by atoms with Gasteiger partial charge < -0.3 is 5.11 Å². The van der Waals surface area contributed by atoms with E-state index in [9.17, 15) is 19.6 Å². The molecule has 0 saturated carbocycles. The fourth-order valence-electron chi connectivity index (χ4n) is 4.78. The Hall–Kier alpha value is -3.98. The number of carboxylic acids is 1. The molecular formula is C26H20FN3O2. The maximum absolute atomic E-state index is 13.6. The maximum atomic E-state index is 13.6. The standard InChI is InChI=1S/C26H20FN3O2/c1-15-12-21(9-4-19(15)14-28)30-25(16-2-7-20(27)8-3-16)23-11-5-17-13-18(26(31)32)6-10-22(17)24(23)29-30/h2-4,6-10,12-13,23,25H,5,11H2,1H3,(H,31,32)/t23-,25-/m0/s1. The molecule has 0 amide bonds. The highest BCUT2D eigenvalue weighted by molar-refractivity contribution is 6.07. The molecule has 0 unspecified atom stereocenters. The van der Waals surface area contributed by atoms with Gasteiger partial charge >= 0.3 is 5.97 Å². The molecule has 1 N–H and O–H groups in total. The number of fused-ring (bicyclic) bond motifs is 3. The minimum Gasteiger partial charge on any atom is -0.478 e. The second-order valence-electron chi connectivity index (χ2n) is 8.26. The van der Waals surface area contributed by atoms with Gasteiger partial charge in [-0.15, -0.1) is 0 Å². The summed E-state index contributed by atoms with van der Waals surface area (Å²) in [6.45, 7) is 1.90. The zero-order valence-electron chi connectivity index (χ0n) is 17.4. The van der Waals surface area contributed by atoms with E-state index in [-0.39, 0.29) is 23.3 Å². The Labute approximate surface area is 185 Å². The Morgan fingerprint density at radius 2 is 1.94 bits per heavy atom. The second kappa shape index (κ2) is 7.61. The molecule has 5 rings (SSSR count). The average Bonchev–Trinajstić information content (AvgIpc) is 3.19. The molecule has 0 bridgehead atoms. The predicted molar refractivity (Wildman–Crippen MR) is 119 cm³/mol. The van der Waals surface area contributed by atoms with Crippen LogP contribution in [-0.2, 0) is 6.42 Å². The number of nitrogens with zero attached hydrogens (tertiary/aromatic N) is 3. The number of anilines is 1. The number of hydrogen-bond acceptors (Lipinski definition) is 4. The zero-order valence-corrected chi connectivity index (χ0v) is 17.4. The Morgan fingerprint density at radius 3 is 2.62 bits per heavy atom. The van der Waals surface area contributed by atoms with Gasteiger partial charge in [0.15, 0.2) is 0 Å². The molecule has 0 aromatic heterocycles. The number of hydrazone groups is 1. The molecule has 6 heteroatoms. The lowest BCUT2D eigenvalue weighted by Crippen LogP contribution is -2.29. The summed E-state index contributed by atoms with van der Waals surface area (Å²) in [5.41, 5.74) is 6.44. The molecule has 0 radical (unpaired) electrons. The van der Waals surface area contributed by atoms with Crippen LogP contribution in [0.2, 0.25) is 0 Å². The highest BCUT2D eigenvalue weighted by Gasteiger charge is 2.42. The van der Waals surface area contributed by atoms with Gasteiger partial charge in [0.1, 0.15) is 5.82 Å². The summed E-state index contributed by atoms with van der Waals surface area (Å²) >= 11 is 0. The first-order valence-electron chi connectivity index (χ1n) is 10.5. The zero-order chi connectivity index (χ0) is 22.4. The third kappa shape index (κ3) is 3.23. The van der Waals surface area contributed by atoms with Crippen LogP contribution in [0, 0.1) is 30.0 Å². The van der Waals surface area contributed by atoms with E-state index in [0.29, 0.717) is 5.56 Å². The number of benzene rings is 3. The van der Waals surface area contributed by atoms with E-state index in [0.717, 1.165) is 46.5 Å². The van der Waals surface area contributed by atoms with Crippen molar-refractivity contribution in [2.24, 2.45) is 11.0 Å². The van der Waals surface area contributed by atoms with Gasteiger partial charge in [-0.3, -0.25) is 5.01 Å². The lowest BCUT2D eigenvalue weighted by atomic mass is 9.77. The number of carbonyl (C=O) groups is 1. The predicted octanol–water partition coefficient (Wildman–Crippen LogP) is 5.23. The molecule has 5 nitrogen and oxygen atoms in total. The molecule has 158 valence electrons. The Bertz CT molecular complexity index is 1310. The molecule has 32 heavy (non-hydrogen) atoms. The van der Waals surface area contributed by atoms with Crippen LogP contribution in [-0.4, -0.2) is 16.8 Å². The number of aromatic carboxylic acids is 1. The van der Waals surface area contributed by atoms with Crippen LogP contribution >= 0.6 is 0 Å². The lowest BCUT2D eigenvalue weighted by Gasteiger charge is -2.31. The van der Waals surface area contributed by atoms with Crippen LogP contribution < -0.4 is 5.01 Å². The molecule has 0 fully saturated rings. The van der Waals surface area contributed by atoms with Gasteiger partial charge in [-0.1, -0.05) is 18.2 Å². The van der Waals surface area contributed by atoms with Crippen LogP contribution in [0.15, 0.2) is 65.8 Å². The van der Waals surface area contributed by atoms with Gasteiger partial charge in [-0.25, -0.2) is 9.18 Å². The summed E-state index contributed by atoms with van der Waals surface area (Å²) in [6.07, 6.45) is 1.56. The fraction of sp³-hybridized carbons (Fsp3) is 0.192. The highest BCUT2D eigenvalue weighted by atomic mass is 19.1. The number of nitriles is 1. The van der Waals surface area contributed by atoms with E-state index in [2.05, 4.69) is 6.07 Å². The number of carboxylic acid groups (broad SMARTS) is 1. The van der Waals surface area contributed by atoms with Gasteiger partial charge in [-0.05, 0) is 78.9 Å². The van der Waals surface area contributed by atoms with E-state index in [1.807, 2.05) is 30.1 Å². The number of halogens is 1. The summed E-state index contributed by atoms with van der Waals surface area (Å²) < 4.78 is 13.6. The lowest BCUT2D eigenvalue weighted by molar-refractivity contribution is 0.0696. The fourth-order valence-corrected chi connectivity index (χ4v) is 4.78. The molecular weight excluding hydrogens is 405 g/mol. The Balaban J connectivity index is 1.64. The van der Waals surface area contributed by atoms with Crippen molar-refractivity contribution in [1.29, 1.82) is 5.26 Å². The molecule has 3 aromatic rings. The Kier molecular flexibility index (Phi) is 4.75. The molecule has 3 aromatic carbocycles. The molecule has 1 aliphatic carbocycles. The Morgan fingerprint density at radius 1 is 1.16 bits per heavy atom. The van der Waals surface area contributed by atoms with Crippen LogP contribution in [0.5, 0.6) is 0 Å². The number of hydrogen-bond donors (Lipinski definition) is 1. The second-order valence-corrected chi connectivity index (χ2v) is 8.26. The van der Waals surface area contributed by atoms with Crippen molar-refractivity contribution in [3.63, 3.8) is 0 Å². The van der Waals surface area contributed by atoms with Gasteiger partial charge in [0.25, 0.3) is 0 Å². The van der Waals surface area contributed by atoms with Gasteiger partial charge in [-0.2, -0.15) is 10.4 Å². The van der Waals surface area contributed by atoms with E-state index >= 15 is 0 Å². The molecule has 2 atom stereocenters. The maximum Gasteiger partial charge on any atom is 0.335 e. The van der Waals surface area contributed by atoms with E-state index in [1.54, 1.807) is 30.3 Å². The van der Waals surface area contributed by atoms with Crippen LogP contribution in [0.1, 0.15) is 50.6 Å². The van der Waals surface area contributed by atoms with Crippen molar-refractivity contribution >= 4 is 17.4 Å². The summed E-state index contributed by atoms with van der Waals surface area (Å²) in [7, 11) is 0. The third-order valence-corrected chi connectivity index (χ3v) is 6.37. The SMILES string of the molecule is Cc1cc(N2N=C3c4ccc(C(=O)O)cc4CC[C@@H]3[C@@H]2c2ccc(F)cc2)ccc1C#N. The highest BCUT2D eigenvalue weighted by Crippen LogP contribution is 2.45. The summed E-state index contributed by atoms with van der Waals surface area (Å²) in [5.74, 6) is -1.15. The first-order valence-corrected chi connectivity index (χ1v) is 10.5. The van der Waals surface area contributed by atoms with Crippen LogP contribution in [0.25, 0.3) is 0 Å². The number of rotatable bonds is 3. The van der Waals surface area contributed by atoms with Crippen LogP contribution in [0.3, 0.4) is 0 Å². The quantitative estimate of drug-likeness (QED) is 0.623. The first-order chi connectivity index (χ1) is 15.5. The normalized spacial score (nSPS) is 19.0. The number of aryl methyl sites for hydroxylation is 2. The minimum atomic E-state index is -0.942. The van der Waals surface area contributed by atoms with Crippen molar-refractivity contribution < 1.29 is 14.3 Å². The van der Waals surface area contributed by atoms with E-state index < -0.39 is 5.97 Å². The summed E-state index contributed by atoms with van der Waals surface area (Å²) in [4.78, 5) is 11.4. The van der Waals surface area contributed by atoms with Crippen molar-refractivity contribution in [2.75, 3.05) is 5.01 Å². The first kappa shape index (κ1) is 20.0. The largest absolute Gasteiger partial charge is 0.478 e. The van der Waals surface area contributed by atoms with E-state index in [4.69, 9.17) is 5.10 Å². The summed E-state index contributed by atoms with van der Waals surface area (Å²) in [5, 5.41) is 25.6. The van der Waals surface area contributed by atoms with Gasteiger partial charge in [0, 0.05) is 11.5 Å². The van der Waals surface area contributed by atoms with Crippen molar-refractivity contribution in [1.82, 2.24) is 0 Å². The van der Waals surface area contributed by atoms with Crippen LogP contribution in [0.4, 0.5) is 10.1 Å². The molecule has 0 saturated heterocycles. The van der Waals surface area contributed by atoms with Crippen molar-refractivity contribution in [3.05, 3.63) is 99.9 Å². The van der Waals surface area contributed by atoms with Crippen molar-refractivity contribution in [3.8, 4) is 6.07 Å². The molecule has 0 spiro atoms. The van der Waals surface area contributed by atoms with E-state index in [1.165, 1.54) is 12.1 Å². The van der Waals surface area contributed by atoms with Crippen molar-refractivity contribution in [2.45, 2.75) is 25.8 Å². The topological polar surface area (TPSA) is 76.7 Å². The third-order valence-electron chi connectivity index (χ3n) is 6.37. The monoisotopic (exact) mass is 425 g/mol. The van der Waals surface area contributed by atoms with Gasteiger partial charge in [0.2, 0.25) is 0 Å². The molecule has 1 aliphatic heterocycles. The minimum absolute atomic E-state index is 0.0830.